The predicted molar refractivity (Wildman–Crippen MR) is 230 cm³/mol. The Balaban J connectivity index is 1.01. The molecule has 12 rings (SSSR count). The van der Waals surface area contributed by atoms with Gasteiger partial charge in [0.15, 0.2) is 0 Å². The van der Waals surface area contributed by atoms with E-state index in [4.69, 9.17) is 4.42 Å². The molecule has 0 saturated heterocycles. The molecule has 4 nitrogen and oxygen atoms in total. The number of hydrogen-bond acceptors (Lipinski definition) is 3. The fraction of sp³-hybridized carbons (Fsp3) is 0.0200. The van der Waals surface area contributed by atoms with E-state index >= 15 is 0 Å². The number of furan rings is 1. The van der Waals surface area contributed by atoms with Gasteiger partial charge in [-0.15, -0.1) is 11.3 Å². The van der Waals surface area contributed by atoms with Gasteiger partial charge in [-0.05, 0) is 121 Å². The first kappa shape index (κ1) is 30.3. The molecule has 0 N–H and O–H groups in total. The summed E-state index contributed by atoms with van der Waals surface area (Å²) in [7, 11) is 0. The summed E-state index contributed by atoms with van der Waals surface area (Å²) in [6, 6.07) is 58.9. The van der Waals surface area contributed by atoms with Crippen molar-refractivity contribution < 1.29 is 4.42 Å². The number of aromatic nitrogens is 2. The lowest BCUT2D eigenvalue weighted by Gasteiger charge is -2.09. The summed E-state index contributed by atoms with van der Waals surface area (Å²) >= 11 is 1.83. The average Bonchev–Trinajstić information content (AvgIpc) is 3.97. The highest BCUT2D eigenvalue weighted by Gasteiger charge is 2.17. The highest BCUT2D eigenvalue weighted by atomic mass is 32.1. The maximum atomic E-state index is 9.64. The second-order valence-corrected chi connectivity index (χ2v) is 15.6. The molecule has 0 radical (unpaired) electrons. The smallest absolute Gasteiger partial charge is 0.135 e. The van der Waals surface area contributed by atoms with E-state index in [2.05, 4.69) is 168 Å². The molecule has 0 atom stereocenters. The van der Waals surface area contributed by atoms with Gasteiger partial charge in [0, 0.05) is 63.9 Å². The molecule has 0 saturated carbocycles. The van der Waals surface area contributed by atoms with Gasteiger partial charge >= 0.3 is 0 Å². The maximum Gasteiger partial charge on any atom is 0.135 e. The molecule has 0 aliphatic heterocycles. The SMILES string of the molecule is Cc1ccc2c(c1)c1ccccc1n2-c1ccc2oc3ccc(-c4ccc5sc6ccc(-n7c8ccccc8c8cc(C#N)ccc87)cc6c5c4)cc3c2c1. The summed E-state index contributed by atoms with van der Waals surface area (Å²) in [6.07, 6.45) is 0. The summed E-state index contributed by atoms with van der Waals surface area (Å²) in [5.74, 6) is 0. The average molecular weight is 720 g/mol. The van der Waals surface area contributed by atoms with Gasteiger partial charge in [0.25, 0.3) is 0 Å². The Bertz CT molecular complexity index is 3640. The van der Waals surface area contributed by atoms with Gasteiger partial charge in [0.1, 0.15) is 11.2 Å². The van der Waals surface area contributed by atoms with Crippen LogP contribution < -0.4 is 0 Å². The van der Waals surface area contributed by atoms with Crippen molar-refractivity contribution in [2.45, 2.75) is 6.92 Å². The highest BCUT2D eigenvalue weighted by Crippen LogP contribution is 2.41. The largest absolute Gasteiger partial charge is 0.456 e. The number of nitriles is 1. The molecule has 4 aromatic heterocycles. The van der Waals surface area contributed by atoms with Crippen molar-refractivity contribution in [2.24, 2.45) is 0 Å². The van der Waals surface area contributed by atoms with Crippen molar-refractivity contribution in [1.82, 2.24) is 9.13 Å². The number of para-hydroxylation sites is 2. The van der Waals surface area contributed by atoms with Crippen LogP contribution in [-0.4, -0.2) is 9.13 Å². The van der Waals surface area contributed by atoms with Gasteiger partial charge in [-0.3, -0.25) is 0 Å². The molecule has 4 heterocycles. The predicted octanol–water partition coefficient (Wildman–Crippen LogP) is 14.0. The molecule has 0 fully saturated rings. The fourth-order valence-electron chi connectivity index (χ4n) is 8.85. The summed E-state index contributed by atoms with van der Waals surface area (Å²) in [6.45, 7) is 2.16. The van der Waals surface area contributed by atoms with Crippen LogP contribution in [0.25, 0.3) is 108 Å². The summed E-state index contributed by atoms with van der Waals surface area (Å²) < 4.78 is 13.6. The van der Waals surface area contributed by atoms with Crippen LogP contribution in [0.5, 0.6) is 0 Å². The second-order valence-electron chi connectivity index (χ2n) is 14.6. The van der Waals surface area contributed by atoms with Crippen LogP contribution in [0.4, 0.5) is 0 Å². The Morgan fingerprint density at radius 2 is 0.982 bits per heavy atom. The zero-order valence-electron chi connectivity index (χ0n) is 29.7. The third-order valence-corrected chi connectivity index (χ3v) is 12.5. The van der Waals surface area contributed by atoms with E-state index in [1.165, 1.54) is 53.1 Å². The molecule has 0 bridgehead atoms. The molecular formula is C50H29N3OS. The Hall–Kier alpha value is -7.13. The summed E-state index contributed by atoms with van der Waals surface area (Å²) in [4.78, 5) is 0. The molecule has 5 heteroatoms. The lowest BCUT2D eigenvalue weighted by molar-refractivity contribution is 0.669. The Morgan fingerprint density at radius 3 is 1.71 bits per heavy atom. The van der Waals surface area contributed by atoms with Gasteiger partial charge in [-0.1, -0.05) is 60.2 Å². The van der Waals surface area contributed by atoms with Crippen LogP contribution in [0.2, 0.25) is 0 Å². The number of hydrogen-bond donors (Lipinski definition) is 0. The topological polar surface area (TPSA) is 46.8 Å². The number of nitrogens with zero attached hydrogens (tertiary/aromatic N) is 3. The molecule has 55 heavy (non-hydrogen) atoms. The normalized spacial score (nSPS) is 12.1. The van der Waals surface area contributed by atoms with E-state index in [1.54, 1.807) is 0 Å². The first-order valence-electron chi connectivity index (χ1n) is 18.5. The number of benzene rings is 8. The van der Waals surface area contributed by atoms with Crippen molar-refractivity contribution in [1.29, 1.82) is 5.26 Å². The Labute approximate surface area is 318 Å². The lowest BCUT2D eigenvalue weighted by atomic mass is 10.0. The maximum absolute atomic E-state index is 9.64. The van der Waals surface area contributed by atoms with Gasteiger partial charge < -0.3 is 13.6 Å². The second kappa shape index (κ2) is 11.2. The van der Waals surface area contributed by atoms with E-state index in [1.807, 2.05) is 23.5 Å². The van der Waals surface area contributed by atoms with Gasteiger partial charge in [0.2, 0.25) is 0 Å². The van der Waals surface area contributed by atoms with Gasteiger partial charge in [-0.2, -0.15) is 5.26 Å². The quantitative estimate of drug-likeness (QED) is 0.182. The zero-order chi connectivity index (χ0) is 36.4. The molecule has 256 valence electrons. The highest BCUT2D eigenvalue weighted by molar-refractivity contribution is 7.25. The number of fused-ring (bicyclic) bond motifs is 12. The monoisotopic (exact) mass is 719 g/mol. The van der Waals surface area contributed by atoms with Crippen molar-refractivity contribution in [3.63, 3.8) is 0 Å². The van der Waals surface area contributed by atoms with Crippen molar-refractivity contribution in [2.75, 3.05) is 0 Å². The van der Waals surface area contributed by atoms with Crippen molar-refractivity contribution >= 4 is 97.1 Å². The first-order chi connectivity index (χ1) is 27.1. The minimum Gasteiger partial charge on any atom is -0.456 e. The van der Waals surface area contributed by atoms with E-state index in [0.29, 0.717) is 5.56 Å². The molecule has 0 unspecified atom stereocenters. The van der Waals surface area contributed by atoms with E-state index < -0.39 is 0 Å². The van der Waals surface area contributed by atoms with E-state index in [0.717, 1.165) is 60.7 Å². The Morgan fingerprint density at radius 1 is 0.455 bits per heavy atom. The summed E-state index contributed by atoms with van der Waals surface area (Å²) in [5, 5.41) is 19.1. The first-order valence-corrected chi connectivity index (χ1v) is 19.3. The van der Waals surface area contributed by atoms with Crippen molar-refractivity contribution in [3.05, 3.63) is 169 Å². The summed E-state index contributed by atoms with van der Waals surface area (Å²) in [5.41, 5.74) is 12.9. The lowest BCUT2D eigenvalue weighted by Crippen LogP contribution is -1.93. The van der Waals surface area contributed by atoms with Gasteiger partial charge in [0.05, 0.1) is 33.7 Å². The minimum atomic E-state index is 0.669. The van der Waals surface area contributed by atoms with Crippen LogP contribution in [0.1, 0.15) is 11.1 Å². The standard InChI is InChI=1S/C50H29N3OS/c1-29-10-16-45-37(22-29)35-6-2-4-8-43(35)52(45)33-14-19-48-40(26-33)39-24-31(12-18-47(39)54-48)32-13-20-49-41(25-32)42-27-34(15-21-50(42)55-49)53-44-9-5-3-7-36(44)38-23-30(28-51)11-17-46(38)53/h2-27H,1H3. The van der Waals surface area contributed by atoms with Crippen LogP contribution >= 0.6 is 11.3 Å². The third-order valence-electron chi connectivity index (χ3n) is 11.4. The molecule has 0 aliphatic rings. The molecule has 0 aliphatic carbocycles. The molecule has 0 amide bonds. The molecule has 0 spiro atoms. The fourth-order valence-corrected chi connectivity index (χ4v) is 9.92. The zero-order valence-corrected chi connectivity index (χ0v) is 30.5. The van der Waals surface area contributed by atoms with Crippen LogP contribution in [-0.2, 0) is 0 Å². The number of rotatable bonds is 3. The van der Waals surface area contributed by atoms with E-state index in [9.17, 15) is 5.26 Å². The van der Waals surface area contributed by atoms with Gasteiger partial charge in [-0.25, -0.2) is 0 Å². The Kier molecular flexibility index (Phi) is 6.17. The van der Waals surface area contributed by atoms with E-state index in [-0.39, 0.29) is 0 Å². The molecular weight excluding hydrogens is 691 g/mol. The van der Waals surface area contributed by atoms with Crippen molar-refractivity contribution in [3.8, 4) is 28.6 Å². The third kappa shape index (κ3) is 4.37. The number of aryl methyl sites for hydroxylation is 1. The number of thiophene rings is 1. The van der Waals surface area contributed by atoms with Crippen LogP contribution in [0.3, 0.4) is 0 Å². The van der Waals surface area contributed by atoms with Crippen LogP contribution in [0.15, 0.2) is 162 Å². The molecule has 8 aromatic carbocycles. The minimum absolute atomic E-state index is 0.669. The molecule has 12 aromatic rings. The van der Waals surface area contributed by atoms with Crippen LogP contribution in [0, 0.1) is 18.3 Å².